The number of nitrogens with zero attached hydrogens (tertiary/aromatic N) is 3. The molecule has 1 aliphatic rings. The van der Waals surface area contributed by atoms with Gasteiger partial charge in [0.25, 0.3) is 0 Å². The first-order valence-electron chi connectivity index (χ1n) is 6.72. The van der Waals surface area contributed by atoms with Gasteiger partial charge < -0.3 is 10.2 Å². The van der Waals surface area contributed by atoms with Crippen LogP contribution in [0.1, 0.15) is 25.5 Å². The number of likely N-dealkylation sites (tertiary alicyclic amines) is 1. The molecule has 1 aromatic rings. The number of aryl methyl sites for hydroxylation is 1. The third kappa shape index (κ3) is 3.54. The molecule has 96 valence electrons. The van der Waals surface area contributed by atoms with Gasteiger partial charge in [0.2, 0.25) is 0 Å². The second-order valence-electron chi connectivity index (χ2n) is 4.86. The fraction of sp³-hybridized carbons (Fsp3) is 0.769. The van der Waals surface area contributed by atoms with Gasteiger partial charge in [0.15, 0.2) is 0 Å². The van der Waals surface area contributed by atoms with E-state index in [0.717, 1.165) is 13.0 Å². The molecule has 0 amide bonds. The third-order valence-electron chi connectivity index (χ3n) is 3.77. The van der Waals surface area contributed by atoms with Crippen LogP contribution in [-0.2, 0) is 13.5 Å². The zero-order chi connectivity index (χ0) is 12.1. The normalized spacial score (nSPS) is 18.7. The van der Waals surface area contributed by atoms with E-state index >= 15 is 0 Å². The van der Waals surface area contributed by atoms with Crippen LogP contribution in [0.5, 0.6) is 0 Å². The fourth-order valence-corrected chi connectivity index (χ4v) is 2.50. The van der Waals surface area contributed by atoms with Crippen molar-refractivity contribution in [2.45, 2.75) is 32.2 Å². The molecule has 1 N–H and O–H groups in total. The van der Waals surface area contributed by atoms with Gasteiger partial charge in [-0.1, -0.05) is 6.92 Å². The molecule has 0 unspecified atom stereocenters. The second kappa shape index (κ2) is 6.17. The number of piperidine rings is 1. The predicted molar refractivity (Wildman–Crippen MR) is 70.1 cm³/mol. The monoisotopic (exact) mass is 236 g/mol. The van der Waals surface area contributed by atoms with Crippen molar-refractivity contribution >= 4 is 0 Å². The van der Waals surface area contributed by atoms with E-state index in [4.69, 9.17) is 0 Å². The molecule has 0 spiro atoms. The van der Waals surface area contributed by atoms with E-state index < -0.39 is 0 Å². The summed E-state index contributed by atoms with van der Waals surface area (Å²) in [6.07, 6.45) is 5.53. The Hall–Kier alpha value is -0.870. The molecule has 1 saturated heterocycles. The third-order valence-corrected chi connectivity index (χ3v) is 3.77. The van der Waals surface area contributed by atoms with Crippen LogP contribution in [0.15, 0.2) is 12.3 Å². The highest BCUT2D eigenvalue weighted by Gasteiger charge is 2.16. The fourth-order valence-electron chi connectivity index (χ4n) is 2.50. The summed E-state index contributed by atoms with van der Waals surface area (Å²) in [5.41, 5.74) is 1.31. The maximum absolute atomic E-state index is 4.19. The van der Waals surface area contributed by atoms with Gasteiger partial charge in [-0.2, -0.15) is 5.10 Å². The minimum Gasteiger partial charge on any atom is -0.313 e. The summed E-state index contributed by atoms with van der Waals surface area (Å²) in [4.78, 5) is 2.53. The van der Waals surface area contributed by atoms with Crippen LogP contribution >= 0.6 is 0 Å². The van der Waals surface area contributed by atoms with Crippen LogP contribution in [0.25, 0.3) is 0 Å². The van der Waals surface area contributed by atoms with Crippen molar-refractivity contribution in [2.75, 3.05) is 26.2 Å². The van der Waals surface area contributed by atoms with Gasteiger partial charge in [-0.25, -0.2) is 0 Å². The van der Waals surface area contributed by atoms with Crippen LogP contribution in [0.3, 0.4) is 0 Å². The van der Waals surface area contributed by atoms with E-state index in [1.807, 2.05) is 17.9 Å². The molecular weight excluding hydrogens is 212 g/mol. The number of hydrogen-bond acceptors (Lipinski definition) is 3. The van der Waals surface area contributed by atoms with Crippen molar-refractivity contribution in [3.05, 3.63) is 18.0 Å². The molecule has 2 rings (SSSR count). The van der Waals surface area contributed by atoms with Gasteiger partial charge in [0.1, 0.15) is 0 Å². The smallest absolute Gasteiger partial charge is 0.0492 e. The van der Waals surface area contributed by atoms with Crippen molar-refractivity contribution in [3.8, 4) is 0 Å². The van der Waals surface area contributed by atoms with E-state index in [1.165, 1.54) is 38.2 Å². The zero-order valence-corrected chi connectivity index (χ0v) is 11.0. The van der Waals surface area contributed by atoms with Gasteiger partial charge in [0.05, 0.1) is 0 Å². The molecule has 0 aliphatic carbocycles. The molecule has 1 aliphatic heterocycles. The molecule has 0 radical (unpaired) electrons. The first-order valence-corrected chi connectivity index (χ1v) is 6.72. The zero-order valence-electron chi connectivity index (χ0n) is 11.0. The van der Waals surface area contributed by atoms with Gasteiger partial charge in [-0.15, -0.1) is 0 Å². The number of nitrogens with one attached hydrogen (secondary N) is 1. The van der Waals surface area contributed by atoms with Gasteiger partial charge >= 0.3 is 0 Å². The quantitative estimate of drug-likeness (QED) is 0.829. The van der Waals surface area contributed by atoms with E-state index in [2.05, 4.69) is 28.3 Å². The lowest BCUT2D eigenvalue weighted by molar-refractivity contribution is 0.207. The molecule has 0 atom stereocenters. The highest BCUT2D eigenvalue weighted by molar-refractivity contribution is 5.00. The standard InChI is InChI=1S/C13H24N4/c1-3-17-10-6-12(7-11-17)14-8-4-13-5-9-15-16(13)2/h5,9,12,14H,3-4,6-8,10-11H2,1-2H3. The Kier molecular flexibility index (Phi) is 4.57. The Labute approximate surface area is 104 Å². The number of rotatable bonds is 5. The predicted octanol–water partition coefficient (Wildman–Crippen LogP) is 1.04. The van der Waals surface area contributed by atoms with Crippen LogP contribution in [0.4, 0.5) is 0 Å². The minimum absolute atomic E-state index is 0.714. The molecule has 2 heterocycles. The maximum Gasteiger partial charge on any atom is 0.0492 e. The lowest BCUT2D eigenvalue weighted by atomic mass is 10.1. The Morgan fingerprint density at radius 3 is 2.76 bits per heavy atom. The van der Waals surface area contributed by atoms with Crippen molar-refractivity contribution < 1.29 is 0 Å². The van der Waals surface area contributed by atoms with E-state index in [-0.39, 0.29) is 0 Å². The molecule has 1 aromatic heterocycles. The molecule has 4 nitrogen and oxygen atoms in total. The van der Waals surface area contributed by atoms with Crippen molar-refractivity contribution in [2.24, 2.45) is 7.05 Å². The van der Waals surface area contributed by atoms with Crippen LogP contribution in [0, 0.1) is 0 Å². The van der Waals surface area contributed by atoms with Crippen molar-refractivity contribution in [1.29, 1.82) is 0 Å². The van der Waals surface area contributed by atoms with Gasteiger partial charge in [-0.3, -0.25) is 4.68 Å². The summed E-state index contributed by atoms with van der Waals surface area (Å²) >= 11 is 0. The molecule has 1 fully saturated rings. The molecule has 4 heteroatoms. The van der Waals surface area contributed by atoms with Gasteiger partial charge in [0, 0.05) is 37.9 Å². The Balaban J connectivity index is 1.65. The van der Waals surface area contributed by atoms with Crippen LogP contribution < -0.4 is 5.32 Å². The highest BCUT2D eigenvalue weighted by Crippen LogP contribution is 2.09. The molecule has 0 saturated carbocycles. The SMILES string of the molecule is CCN1CCC(NCCc2ccnn2C)CC1. The summed E-state index contributed by atoms with van der Waals surface area (Å²) in [5, 5.41) is 7.85. The first-order chi connectivity index (χ1) is 8.29. The van der Waals surface area contributed by atoms with Crippen molar-refractivity contribution in [3.63, 3.8) is 0 Å². The molecule has 0 bridgehead atoms. The lowest BCUT2D eigenvalue weighted by Crippen LogP contribution is -2.42. The Morgan fingerprint density at radius 1 is 1.41 bits per heavy atom. The minimum atomic E-state index is 0.714. The van der Waals surface area contributed by atoms with Gasteiger partial charge in [-0.05, 0) is 38.5 Å². The maximum atomic E-state index is 4.19. The lowest BCUT2D eigenvalue weighted by Gasteiger charge is -2.31. The van der Waals surface area contributed by atoms with E-state index in [0.29, 0.717) is 6.04 Å². The number of aromatic nitrogens is 2. The summed E-state index contributed by atoms with van der Waals surface area (Å²) in [5.74, 6) is 0. The van der Waals surface area contributed by atoms with Crippen molar-refractivity contribution in [1.82, 2.24) is 20.0 Å². The van der Waals surface area contributed by atoms with Crippen LogP contribution in [0.2, 0.25) is 0 Å². The molecular formula is C13H24N4. The Morgan fingerprint density at radius 2 is 2.18 bits per heavy atom. The average molecular weight is 236 g/mol. The summed E-state index contributed by atoms with van der Waals surface area (Å²) in [7, 11) is 2.01. The van der Waals surface area contributed by atoms with Crippen LogP contribution in [-0.4, -0.2) is 46.9 Å². The average Bonchev–Trinajstić information content (AvgIpc) is 2.76. The summed E-state index contributed by atoms with van der Waals surface area (Å²) in [6, 6.07) is 2.81. The molecule has 0 aromatic carbocycles. The summed E-state index contributed by atoms with van der Waals surface area (Å²) in [6.45, 7) is 7.01. The Bertz CT molecular complexity index is 326. The first kappa shape index (κ1) is 12.6. The summed E-state index contributed by atoms with van der Waals surface area (Å²) < 4.78 is 1.96. The van der Waals surface area contributed by atoms with E-state index in [1.54, 1.807) is 0 Å². The topological polar surface area (TPSA) is 33.1 Å². The largest absolute Gasteiger partial charge is 0.313 e. The number of hydrogen-bond donors (Lipinski definition) is 1. The molecule has 17 heavy (non-hydrogen) atoms. The van der Waals surface area contributed by atoms with E-state index in [9.17, 15) is 0 Å². The highest BCUT2D eigenvalue weighted by atomic mass is 15.3. The second-order valence-corrected chi connectivity index (χ2v) is 4.86.